The summed E-state index contributed by atoms with van der Waals surface area (Å²) in [5.74, 6) is 0.735. The second kappa shape index (κ2) is 7.08. The Labute approximate surface area is 128 Å². The summed E-state index contributed by atoms with van der Waals surface area (Å²) in [4.78, 5) is 14.7. The quantitative estimate of drug-likeness (QED) is 0.924. The predicted octanol–water partition coefficient (Wildman–Crippen LogP) is 3.28. The minimum Gasteiger partial charge on any atom is -0.339 e. The Morgan fingerprint density at radius 1 is 1.29 bits per heavy atom. The molecule has 0 radical (unpaired) electrons. The Kier molecular flexibility index (Phi) is 5.40. The van der Waals surface area contributed by atoms with Crippen LogP contribution in [0.15, 0.2) is 24.3 Å². The molecule has 1 fully saturated rings. The topological polar surface area (TPSA) is 46.3 Å². The van der Waals surface area contributed by atoms with Crippen LogP contribution in [-0.4, -0.2) is 24.4 Å². The molecule has 116 valence electrons. The van der Waals surface area contributed by atoms with Gasteiger partial charge in [-0.3, -0.25) is 4.79 Å². The number of hydrogen-bond acceptors (Lipinski definition) is 2. The van der Waals surface area contributed by atoms with E-state index in [9.17, 15) is 4.79 Å². The van der Waals surface area contributed by atoms with Crippen LogP contribution in [0.4, 0.5) is 0 Å². The first-order chi connectivity index (χ1) is 10.0. The lowest BCUT2D eigenvalue weighted by atomic mass is 9.78. The van der Waals surface area contributed by atoms with E-state index in [1.165, 1.54) is 17.5 Å². The Morgan fingerprint density at radius 3 is 2.52 bits per heavy atom. The predicted molar refractivity (Wildman–Crippen MR) is 86.9 cm³/mol. The van der Waals surface area contributed by atoms with Gasteiger partial charge in [0.2, 0.25) is 5.91 Å². The van der Waals surface area contributed by atoms with Gasteiger partial charge in [-0.25, -0.2) is 0 Å². The summed E-state index contributed by atoms with van der Waals surface area (Å²) in [7, 11) is 1.93. The van der Waals surface area contributed by atoms with E-state index >= 15 is 0 Å². The van der Waals surface area contributed by atoms with Crippen molar-refractivity contribution < 1.29 is 4.79 Å². The molecule has 0 heterocycles. The third-order valence-corrected chi connectivity index (χ3v) is 5.02. The molecule has 3 unspecified atom stereocenters. The van der Waals surface area contributed by atoms with E-state index in [0.717, 1.165) is 19.3 Å². The molecular weight excluding hydrogens is 260 g/mol. The molecule has 0 aliphatic heterocycles. The van der Waals surface area contributed by atoms with Crippen LogP contribution in [0.1, 0.15) is 49.8 Å². The number of carbonyl (C=O) groups excluding carboxylic acids is 1. The largest absolute Gasteiger partial charge is 0.339 e. The van der Waals surface area contributed by atoms with Crippen LogP contribution in [0, 0.1) is 18.8 Å². The molecule has 0 saturated heterocycles. The molecule has 1 aliphatic rings. The van der Waals surface area contributed by atoms with Crippen molar-refractivity contribution >= 4 is 5.91 Å². The molecule has 2 N–H and O–H groups in total. The van der Waals surface area contributed by atoms with E-state index in [4.69, 9.17) is 5.73 Å². The van der Waals surface area contributed by atoms with Crippen LogP contribution >= 0.6 is 0 Å². The molecule has 0 bridgehead atoms. The summed E-state index contributed by atoms with van der Waals surface area (Å²) in [6.07, 6.45) is 4.45. The third-order valence-electron chi connectivity index (χ3n) is 5.02. The maximum Gasteiger partial charge on any atom is 0.226 e. The Balaban J connectivity index is 2.08. The van der Waals surface area contributed by atoms with E-state index in [1.807, 2.05) is 11.9 Å². The molecule has 1 aromatic rings. The highest BCUT2D eigenvalue weighted by Crippen LogP contribution is 2.32. The highest BCUT2D eigenvalue weighted by atomic mass is 16.2. The Bertz CT molecular complexity index is 469. The third kappa shape index (κ3) is 3.65. The molecule has 0 spiro atoms. The van der Waals surface area contributed by atoms with Crippen LogP contribution in [-0.2, 0) is 4.79 Å². The maximum absolute atomic E-state index is 12.8. The average Bonchev–Trinajstić information content (AvgIpc) is 2.53. The normalized spacial score (nSPS) is 23.6. The lowest BCUT2D eigenvalue weighted by Gasteiger charge is -2.35. The van der Waals surface area contributed by atoms with Crippen molar-refractivity contribution in [2.75, 3.05) is 13.6 Å². The number of hydrogen-bond donors (Lipinski definition) is 1. The van der Waals surface area contributed by atoms with Gasteiger partial charge in [-0.15, -0.1) is 0 Å². The summed E-state index contributed by atoms with van der Waals surface area (Å²) in [6, 6.07) is 8.55. The van der Waals surface area contributed by atoms with Crippen molar-refractivity contribution in [3.05, 3.63) is 35.4 Å². The maximum atomic E-state index is 12.8. The first-order valence-corrected chi connectivity index (χ1v) is 8.08. The average molecular weight is 288 g/mol. The van der Waals surface area contributed by atoms with Crippen LogP contribution in [0.5, 0.6) is 0 Å². The van der Waals surface area contributed by atoms with Gasteiger partial charge in [0.1, 0.15) is 0 Å². The van der Waals surface area contributed by atoms with Gasteiger partial charge in [0, 0.05) is 13.0 Å². The molecule has 2 rings (SSSR count). The van der Waals surface area contributed by atoms with Crippen molar-refractivity contribution in [3.8, 4) is 0 Å². The summed E-state index contributed by atoms with van der Waals surface area (Å²) in [5, 5.41) is 0. The van der Waals surface area contributed by atoms with Gasteiger partial charge in [-0.2, -0.15) is 0 Å². The van der Waals surface area contributed by atoms with E-state index in [2.05, 4.69) is 38.1 Å². The number of aryl methyl sites for hydroxylation is 1. The molecule has 3 heteroatoms. The molecule has 1 aliphatic carbocycles. The Hall–Kier alpha value is -1.35. The van der Waals surface area contributed by atoms with Gasteiger partial charge in [0.25, 0.3) is 0 Å². The molecule has 3 atom stereocenters. The summed E-state index contributed by atoms with van der Waals surface area (Å²) in [5.41, 5.74) is 8.30. The first kappa shape index (κ1) is 16.0. The fourth-order valence-corrected chi connectivity index (χ4v) is 3.34. The van der Waals surface area contributed by atoms with Crippen molar-refractivity contribution in [3.63, 3.8) is 0 Å². The molecule has 1 saturated carbocycles. The van der Waals surface area contributed by atoms with Crippen LogP contribution in [0.2, 0.25) is 0 Å². The van der Waals surface area contributed by atoms with Gasteiger partial charge < -0.3 is 10.6 Å². The van der Waals surface area contributed by atoms with Gasteiger partial charge in [0.05, 0.1) is 6.04 Å². The number of carbonyl (C=O) groups is 1. The van der Waals surface area contributed by atoms with Crippen molar-refractivity contribution in [1.82, 2.24) is 4.90 Å². The molecule has 0 aromatic heterocycles. The smallest absolute Gasteiger partial charge is 0.226 e. The van der Waals surface area contributed by atoms with Gasteiger partial charge in [-0.1, -0.05) is 42.7 Å². The first-order valence-electron chi connectivity index (χ1n) is 8.08. The summed E-state index contributed by atoms with van der Waals surface area (Å²) in [6.45, 7) is 4.81. The molecule has 1 aromatic carbocycles. The summed E-state index contributed by atoms with van der Waals surface area (Å²) < 4.78 is 0. The standard InChI is InChI=1S/C18H28N2O/c1-13-8-10-15(11-9-13)14(2)20(3)18(21)17-7-5-4-6-16(17)12-19/h8-11,14,16-17H,4-7,12,19H2,1-3H3. The number of nitrogens with zero attached hydrogens (tertiary/aromatic N) is 1. The number of nitrogens with two attached hydrogens (primary N) is 1. The van der Waals surface area contributed by atoms with Gasteiger partial charge in [0.15, 0.2) is 0 Å². The van der Waals surface area contributed by atoms with E-state index in [0.29, 0.717) is 12.5 Å². The minimum absolute atomic E-state index is 0.110. The number of rotatable bonds is 4. The second-order valence-electron chi connectivity index (χ2n) is 6.42. The van der Waals surface area contributed by atoms with Gasteiger partial charge >= 0.3 is 0 Å². The van der Waals surface area contributed by atoms with Crippen molar-refractivity contribution in [1.29, 1.82) is 0 Å². The number of amides is 1. The zero-order valence-electron chi connectivity index (χ0n) is 13.5. The van der Waals surface area contributed by atoms with Crippen LogP contribution in [0.25, 0.3) is 0 Å². The molecular formula is C18H28N2O. The zero-order valence-corrected chi connectivity index (χ0v) is 13.5. The lowest BCUT2D eigenvalue weighted by Crippen LogP contribution is -2.41. The highest BCUT2D eigenvalue weighted by molar-refractivity contribution is 5.79. The van der Waals surface area contributed by atoms with Crippen LogP contribution in [0.3, 0.4) is 0 Å². The molecule has 3 nitrogen and oxygen atoms in total. The van der Waals surface area contributed by atoms with E-state index < -0.39 is 0 Å². The minimum atomic E-state index is 0.110. The van der Waals surface area contributed by atoms with E-state index in [-0.39, 0.29) is 17.9 Å². The fraction of sp³-hybridized carbons (Fsp3) is 0.611. The number of benzene rings is 1. The van der Waals surface area contributed by atoms with Crippen molar-refractivity contribution in [2.24, 2.45) is 17.6 Å². The molecule has 1 amide bonds. The van der Waals surface area contributed by atoms with E-state index in [1.54, 1.807) is 0 Å². The fourth-order valence-electron chi connectivity index (χ4n) is 3.34. The Morgan fingerprint density at radius 2 is 1.90 bits per heavy atom. The highest BCUT2D eigenvalue weighted by Gasteiger charge is 2.33. The second-order valence-corrected chi connectivity index (χ2v) is 6.42. The zero-order chi connectivity index (χ0) is 15.4. The molecule has 21 heavy (non-hydrogen) atoms. The van der Waals surface area contributed by atoms with Crippen molar-refractivity contribution in [2.45, 2.75) is 45.6 Å². The SMILES string of the molecule is Cc1ccc(C(C)N(C)C(=O)C2CCCCC2CN)cc1. The summed E-state index contributed by atoms with van der Waals surface area (Å²) >= 11 is 0. The lowest BCUT2D eigenvalue weighted by molar-refractivity contribution is -0.139. The van der Waals surface area contributed by atoms with Crippen LogP contribution < -0.4 is 5.73 Å². The monoisotopic (exact) mass is 288 g/mol. The van der Waals surface area contributed by atoms with Gasteiger partial charge in [-0.05, 0) is 44.7 Å².